The standard InChI is InChI=1S/C5H11N2O/c1-5(6)2-3-7-4-8/h5H,2-3,6H2,1H3,(H,7,8). The Bertz CT molecular complexity index is 63.4. The summed E-state index contributed by atoms with van der Waals surface area (Å²) in [7, 11) is 0. The Balaban J connectivity index is 2.81. The van der Waals surface area contributed by atoms with Crippen LogP contribution in [0.25, 0.3) is 0 Å². The fraction of sp³-hybridized carbons (Fsp3) is 0.800. The van der Waals surface area contributed by atoms with Crippen molar-refractivity contribution in [2.45, 2.75) is 19.4 Å². The van der Waals surface area contributed by atoms with Gasteiger partial charge in [-0.15, -0.1) is 0 Å². The van der Waals surface area contributed by atoms with E-state index in [1.807, 2.05) is 6.92 Å². The fourth-order valence-electron chi connectivity index (χ4n) is 0.351. The van der Waals surface area contributed by atoms with Crippen LogP contribution in [0.3, 0.4) is 0 Å². The largest absolute Gasteiger partial charge is 0.348 e. The van der Waals surface area contributed by atoms with Gasteiger partial charge < -0.3 is 11.1 Å². The highest BCUT2D eigenvalue weighted by Crippen LogP contribution is 1.79. The number of carbonyl (C=O) groups excluding carboxylic acids is 1. The van der Waals surface area contributed by atoms with E-state index in [9.17, 15) is 4.79 Å². The molecule has 8 heavy (non-hydrogen) atoms. The number of hydrogen-bond donors (Lipinski definition) is 2. The van der Waals surface area contributed by atoms with Crippen LogP contribution in [0.1, 0.15) is 13.3 Å². The molecule has 3 heteroatoms. The predicted octanol–water partition coefficient (Wildman–Crippen LogP) is -0.619. The van der Waals surface area contributed by atoms with Crippen LogP contribution < -0.4 is 11.1 Å². The minimum atomic E-state index is 0.163. The molecule has 0 aromatic heterocycles. The first-order valence-corrected chi connectivity index (χ1v) is 2.63. The van der Waals surface area contributed by atoms with Crippen molar-refractivity contribution in [2.75, 3.05) is 6.54 Å². The molecule has 0 aromatic rings. The molecule has 1 unspecified atom stereocenters. The van der Waals surface area contributed by atoms with Gasteiger partial charge in [-0.3, -0.25) is 4.79 Å². The first-order chi connectivity index (χ1) is 3.77. The van der Waals surface area contributed by atoms with Crippen molar-refractivity contribution in [2.24, 2.45) is 5.73 Å². The Morgan fingerprint density at radius 2 is 2.50 bits per heavy atom. The fourth-order valence-corrected chi connectivity index (χ4v) is 0.351. The molecule has 0 heterocycles. The van der Waals surface area contributed by atoms with Crippen LogP contribution >= 0.6 is 0 Å². The van der Waals surface area contributed by atoms with Crippen LogP contribution in [0.5, 0.6) is 0 Å². The highest BCUT2D eigenvalue weighted by molar-refractivity contribution is 5.46. The zero-order chi connectivity index (χ0) is 6.41. The SMILES string of the molecule is CC(N)CCN[C]=O. The van der Waals surface area contributed by atoms with Gasteiger partial charge in [0.25, 0.3) is 0 Å². The van der Waals surface area contributed by atoms with Gasteiger partial charge in [0.2, 0.25) is 0 Å². The van der Waals surface area contributed by atoms with Gasteiger partial charge in [0, 0.05) is 12.6 Å². The predicted molar refractivity (Wildman–Crippen MR) is 32.0 cm³/mol. The van der Waals surface area contributed by atoms with Crippen molar-refractivity contribution >= 4 is 6.41 Å². The summed E-state index contributed by atoms with van der Waals surface area (Å²) in [5.41, 5.74) is 5.36. The number of hydrogen-bond acceptors (Lipinski definition) is 2. The summed E-state index contributed by atoms with van der Waals surface area (Å²) in [5.74, 6) is 0. The molecule has 0 aliphatic carbocycles. The molecule has 1 radical (unpaired) electrons. The van der Waals surface area contributed by atoms with E-state index in [4.69, 9.17) is 5.73 Å². The summed E-state index contributed by atoms with van der Waals surface area (Å²) in [6.45, 7) is 2.52. The van der Waals surface area contributed by atoms with E-state index in [1.165, 1.54) is 0 Å². The molecule has 0 rings (SSSR count). The summed E-state index contributed by atoms with van der Waals surface area (Å²) < 4.78 is 0. The van der Waals surface area contributed by atoms with Crippen molar-refractivity contribution in [1.82, 2.24) is 5.32 Å². The number of rotatable bonds is 4. The Labute approximate surface area is 49.3 Å². The molecule has 1 atom stereocenters. The van der Waals surface area contributed by atoms with E-state index >= 15 is 0 Å². The van der Waals surface area contributed by atoms with E-state index in [2.05, 4.69) is 5.32 Å². The smallest absolute Gasteiger partial charge is 0.309 e. The lowest BCUT2D eigenvalue weighted by Crippen LogP contribution is -2.22. The van der Waals surface area contributed by atoms with Gasteiger partial charge in [-0.25, -0.2) is 0 Å². The molecule has 0 bridgehead atoms. The molecule has 3 nitrogen and oxygen atoms in total. The van der Waals surface area contributed by atoms with Gasteiger partial charge in [0.1, 0.15) is 0 Å². The number of amides is 1. The third-order valence-electron chi connectivity index (χ3n) is 0.797. The topological polar surface area (TPSA) is 55.1 Å². The Hall–Kier alpha value is -0.570. The first-order valence-electron chi connectivity index (χ1n) is 2.63. The molecule has 0 fully saturated rings. The maximum Gasteiger partial charge on any atom is 0.309 e. The Morgan fingerprint density at radius 1 is 1.88 bits per heavy atom. The van der Waals surface area contributed by atoms with E-state index in [1.54, 1.807) is 6.41 Å². The number of nitrogens with two attached hydrogens (primary N) is 1. The van der Waals surface area contributed by atoms with Crippen LogP contribution in [-0.2, 0) is 4.79 Å². The maximum absolute atomic E-state index is 9.51. The first kappa shape index (κ1) is 7.43. The van der Waals surface area contributed by atoms with Crippen LogP contribution in [0.2, 0.25) is 0 Å². The van der Waals surface area contributed by atoms with Gasteiger partial charge in [-0.2, -0.15) is 0 Å². The van der Waals surface area contributed by atoms with Crippen molar-refractivity contribution in [3.8, 4) is 0 Å². The van der Waals surface area contributed by atoms with Crippen molar-refractivity contribution < 1.29 is 4.79 Å². The molecular formula is C5H11N2O. The summed E-state index contributed by atoms with van der Waals surface area (Å²) in [6, 6.07) is 0.163. The van der Waals surface area contributed by atoms with E-state index in [0.717, 1.165) is 6.42 Å². The van der Waals surface area contributed by atoms with E-state index < -0.39 is 0 Å². The average molecular weight is 115 g/mol. The van der Waals surface area contributed by atoms with Crippen molar-refractivity contribution in [3.05, 3.63) is 0 Å². The second kappa shape index (κ2) is 4.59. The highest BCUT2D eigenvalue weighted by Gasteiger charge is 1.90. The molecule has 0 aliphatic heterocycles. The maximum atomic E-state index is 9.51. The normalized spacial score (nSPS) is 12.8. The van der Waals surface area contributed by atoms with E-state index in [-0.39, 0.29) is 6.04 Å². The van der Waals surface area contributed by atoms with Gasteiger partial charge >= 0.3 is 6.41 Å². The average Bonchev–Trinajstić information content (AvgIpc) is 1.66. The van der Waals surface area contributed by atoms with E-state index in [0.29, 0.717) is 6.54 Å². The summed E-state index contributed by atoms with van der Waals surface area (Å²) >= 11 is 0. The van der Waals surface area contributed by atoms with Gasteiger partial charge in [0.15, 0.2) is 0 Å². The lowest BCUT2D eigenvalue weighted by molar-refractivity contribution is 0.536. The molecule has 0 spiro atoms. The van der Waals surface area contributed by atoms with Gasteiger partial charge in [0.05, 0.1) is 0 Å². The zero-order valence-corrected chi connectivity index (χ0v) is 4.98. The molecule has 0 aliphatic rings. The zero-order valence-electron chi connectivity index (χ0n) is 4.98. The third kappa shape index (κ3) is 5.43. The minimum absolute atomic E-state index is 0.163. The van der Waals surface area contributed by atoms with Crippen LogP contribution in [-0.4, -0.2) is 19.0 Å². The van der Waals surface area contributed by atoms with Crippen LogP contribution in [0.15, 0.2) is 0 Å². The lowest BCUT2D eigenvalue weighted by atomic mass is 10.2. The monoisotopic (exact) mass is 115 g/mol. The van der Waals surface area contributed by atoms with Crippen molar-refractivity contribution in [3.63, 3.8) is 0 Å². The lowest BCUT2D eigenvalue weighted by Gasteiger charge is -2.00. The molecule has 0 aromatic carbocycles. The Kier molecular flexibility index (Phi) is 4.26. The Morgan fingerprint density at radius 3 is 2.88 bits per heavy atom. The number of nitrogens with one attached hydrogen (secondary N) is 1. The highest BCUT2D eigenvalue weighted by atomic mass is 16.1. The second-order valence-electron chi connectivity index (χ2n) is 1.79. The molecule has 3 N–H and O–H groups in total. The molecule has 0 saturated carbocycles. The van der Waals surface area contributed by atoms with Gasteiger partial charge in [-0.1, -0.05) is 0 Å². The summed E-state index contributed by atoms with van der Waals surface area (Å²) in [4.78, 5) is 9.51. The second-order valence-corrected chi connectivity index (χ2v) is 1.79. The quantitative estimate of drug-likeness (QED) is 0.379. The van der Waals surface area contributed by atoms with Gasteiger partial charge in [-0.05, 0) is 13.3 Å². The molecule has 1 amide bonds. The molecule has 47 valence electrons. The van der Waals surface area contributed by atoms with Crippen molar-refractivity contribution in [1.29, 1.82) is 0 Å². The van der Waals surface area contributed by atoms with Crippen LogP contribution in [0.4, 0.5) is 0 Å². The van der Waals surface area contributed by atoms with Crippen LogP contribution in [0, 0.1) is 0 Å². The summed E-state index contributed by atoms with van der Waals surface area (Å²) in [6.07, 6.45) is 2.38. The third-order valence-corrected chi connectivity index (χ3v) is 0.797. The molecule has 0 saturated heterocycles. The molecular weight excluding hydrogens is 104 g/mol. The summed E-state index contributed by atoms with van der Waals surface area (Å²) in [5, 5.41) is 2.39. The minimum Gasteiger partial charge on any atom is -0.348 e.